The van der Waals surface area contributed by atoms with Crippen LogP contribution in [0.25, 0.3) is 27.8 Å². The molecule has 0 aliphatic rings. The van der Waals surface area contributed by atoms with Gasteiger partial charge >= 0.3 is 0 Å². The SMILES string of the molecule is CC(O)(c1ccc2ncccc2c1)c1cnc2ccc(-c3ccccc3)nn12. The zero-order chi connectivity index (χ0) is 19.1. The molecule has 1 unspecified atom stereocenters. The summed E-state index contributed by atoms with van der Waals surface area (Å²) >= 11 is 0. The molecule has 1 N–H and O–H groups in total. The van der Waals surface area contributed by atoms with Gasteiger partial charge in [-0.3, -0.25) is 4.98 Å². The first kappa shape index (κ1) is 16.6. The first-order valence-corrected chi connectivity index (χ1v) is 9.11. The summed E-state index contributed by atoms with van der Waals surface area (Å²) in [6, 6.07) is 23.5. The van der Waals surface area contributed by atoms with Crippen LogP contribution in [0, 0.1) is 0 Å². The van der Waals surface area contributed by atoms with Gasteiger partial charge in [0.2, 0.25) is 0 Å². The van der Waals surface area contributed by atoms with Crippen LogP contribution in [0.15, 0.2) is 85.2 Å². The number of rotatable bonds is 3. The number of fused-ring (bicyclic) bond motifs is 2. The Kier molecular flexibility index (Phi) is 3.70. The summed E-state index contributed by atoms with van der Waals surface area (Å²) in [5, 5.41) is 17.2. The van der Waals surface area contributed by atoms with Gasteiger partial charge in [0.1, 0.15) is 5.60 Å². The Hall–Kier alpha value is -3.57. The normalized spacial score (nSPS) is 13.6. The van der Waals surface area contributed by atoms with Gasteiger partial charge in [0.05, 0.1) is 23.1 Å². The molecule has 5 aromatic rings. The minimum atomic E-state index is -1.26. The molecule has 2 aromatic carbocycles. The van der Waals surface area contributed by atoms with Crippen LogP contribution in [0.5, 0.6) is 0 Å². The van der Waals surface area contributed by atoms with E-state index in [4.69, 9.17) is 5.10 Å². The number of aliphatic hydroxyl groups is 1. The van der Waals surface area contributed by atoms with Crippen LogP contribution < -0.4 is 0 Å². The Morgan fingerprint density at radius 3 is 2.61 bits per heavy atom. The smallest absolute Gasteiger partial charge is 0.153 e. The fourth-order valence-electron chi connectivity index (χ4n) is 3.49. The number of hydrogen-bond acceptors (Lipinski definition) is 4. The van der Waals surface area contributed by atoms with E-state index in [2.05, 4.69) is 9.97 Å². The van der Waals surface area contributed by atoms with Crippen LogP contribution in [0.3, 0.4) is 0 Å². The van der Waals surface area contributed by atoms with Gasteiger partial charge in [0.15, 0.2) is 5.65 Å². The van der Waals surface area contributed by atoms with Gasteiger partial charge in [0, 0.05) is 17.1 Å². The molecular formula is C23H18N4O. The molecular weight excluding hydrogens is 348 g/mol. The van der Waals surface area contributed by atoms with Gasteiger partial charge in [-0.25, -0.2) is 9.50 Å². The van der Waals surface area contributed by atoms with E-state index in [9.17, 15) is 5.11 Å². The van der Waals surface area contributed by atoms with Crippen molar-refractivity contribution in [1.82, 2.24) is 19.6 Å². The molecule has 5 heteroatoms. The highest BCUT2D eigenvalue weighted by Crippen LogP contribution is 2.31. The Balaban J connectivity index is 1.66. The number of aromatic nitrogens is 4. The summed E-state index contributed by atoms with van der Waals surface area (Å²) < 4.78 is 1.72. The van der Waals surface area contributed by atoms with Gasteiger partial charge in [-0.15, -0.1) is 0 Å². The third kappa shape index (κ3) is 2.64. The number of pyridine rings is 1. The van der Waals surface area contributed by atoms with Crippen LogP contribution in [-0.2, 0) is 5.60 Å². The molecule has 5 rings (SSSR count). The molecule has 136 valence electrons. The van der Waals surface area contributed by atoms with E-state index in [1.165, 1.54) is 0 Å². The maximum Gasteiger partial charge on any atom is 0.153 e. The summed E-state index contributed by atoms with van der Waals surface area (Å²) in [5.41, 5.74) is 3.55. The lowest BCUT2D eigenvalue weighted by Gasteiger charge is -2.23. The number of imidazole rings is 1. The summed E-state index contributed by atoms with van der Waals surface area (Å²) in [6.07, 6.45) is 3.45. The third-order valence-electron chi connectivity index (χ3n) is 5.10. The lowest BCUT2D eigenvalue weighted by atomic mass is 9.92. The number of nitrogens with zero attached hydrogens (tertiary/aromatic N) is 4. The Labute approximate surface area is 161 Å². The van der Waals surface area contributed by atoms with Crippen molar-refractivity contribution in [2.45, 2.75) is 12.5 Å². The second-order valence-corrected chi connectivity index (χ2v) is 6.98. The highest BCUT2D eigenvalue weighted by molar-refractivity contribution is 5.79. The molecule has 3 heterocycles. The molecule has 0 radical (unpaired) electrons. The van der Waals surface area contributed by atoms with E-state index in [1.54, 1.807) is 23.8 Å². The monoisotopic (exact) mass is 366 g/mol. The molecule has 3 aromatic heterocycles. The van der Waals surface area contributed by atoms with Crippen molar-refractivity contribution in [3.8, 4) is 11.3 Å². The summed E-state index contributed by atoms with van der Waals surface area (Å²) in [6.45, 7) is 1.77. The Morgan fingerprint density at radius 2 is 1.75 bits per heavy atom. The van der Waals surface area contributed by atoms with E-state index in [-0.39, 0.29) is 0 Å². The second kappa shape index (κ2) is 6.25. The van der Waals surface area contributed by atoms with Crippen LogP contribution in [0.4, 0.5) is 0 Å². The molecule has 28 heavy (non-hydrogen) atoms. The largest absolute Gasteiger partial charge is 0.379 e. The summed E-state index contributed by atoms with van der Waals surface area (Å²) in [4.78, 5) is 8.79. The first-order valence-electron chi connectivity index (χ1n) is 9.11. The molecule has 0 spiro atoms. The standard InChI is InChI=1S/C23H18N4O/c1-23(28,18-9-10-19-17(14-18)8-5-13-24-19)21-15-25-22-12-11-20(26-27(21)22)16-6-3-2-4-7-16/h2-15,28H,1H3. The average Bonchev–Trinajstić information content (AvgIpc) is 3.18. The predicted octanol–water partition coefficient (Wildman–Crippen LogP) is 4.20. The van der Waals surface area contributed by atoms with E-state index in [0.717, 1.165) is 27.7 Å². The third-order valence-corrected chi connectivity index (χ3v) is 5.10. The Bertz CT molecular complexity index is 1290. The number of benzene rings is 2. The van der Waals surface area contributed by atoms with Crippen LogP contribution >= 0.6 is 0 Å². The molecule has 0 fully saturated rings. The van der Waals surface area contributed by atoms with Gasteiger partial charge < -0.3 is 5.11 Å². The van der Waals surface area contributed by atoms with E-state index in [1.807, 2.05) is 72.8 Å². The van der Waals surface area contributed by atoms with Crippen LogP contribution in [0.2, 0.25) is 0 Å². The van der Waals surface area contributed by atoms with Crippen LogP contribution in [-0.4, -0.2) is 24.7 Å². The molecule has 0 amide bonds. The molecule has 0 aliphatic carbocycles. The van der Waals surface area contributed by atoms with E-state index in [0.29, 0.717) is 11.3 Å². The lowest BCUT2D eigenvalue weighted by Crippen LogP contribution is -2.25. The molecule has 0 bridgehead atoms. The highest BCUT2D eigenvalue weighted by Gasteiger charge is 2.30. The van der Waals surface area contributed by atoms with Crippen molar-refractivity contribution < 1.29 is 5.11 Å². The van der Waals surface area contributed by atoms with Crippen LogP contribution in [0.1, 0.15) is 18.2 Å². The minimum Gasteiger partial charge on any atom is -0.379 e. The van der Waals surface area contributed by atoms with Gasteiger partial charge in [0.25, 0.3) is 0 Å². The molecule has 1 atom stereocenters. The molecule has 0 saturated carbocycles. The van der Waals surface area contributed by atoms with Crippen molar-refractivity contribution in [1.29, 1.82) is 0 Å². The van der Waals surface area contributed by atoms with Crippen molar-refractivity contribution in [3.63, 3.8) is 0 Å². The summed E-state index contributed by atoms with van der Waals surface area (Å²) in [5.74, 6) is 0. The minimum absolute atomic E-state index is 0.614. The van der Waals surface area contributed by atoms with Crippen molar-refractivity contribution in [2.24, 2.45) is 0 Å². The van der Waals surface area contributed by atoms with Gasteiger partial charge in [-0.2, -0.15) is 5.10 Å². The molecule has 0 aliphatic heterocycles. The van der Waals surface area contributed by atoms with E-state index < -0.39 is 5.60 Å². The molecule has 5 nitrogen and oxygen atoms in total. The van der Waals surface area contributed by atoms with E-state index >= 15 is 0 Å². The zero-order valence-electron chi connectivity index (χ0n) is 15.3. The Morgan fingerprint density at radius 1 is 0.893 bits per heavy atom. The fraction of sp³-hybridized carbons (Fsp3) is 0.0870. The number of hydrogen-bond donors (Lipinski definition) is 1. The second-order valence-electron chi connectivity index (χ2n) is 6.98. The summed E-state index contributed by atoms with van der Waals surface area (Å²) in [7, 11) is 0. The topological polar surface area (TPSA) is 63.3 Å². The van der Waals surface area contributed by atoms with Crippen molar-refractivity contribution in [3.05, 3.63) is 96.4 Å². The first-order chi connectivity index (χ1) is 13.6. The van der Waals surface area contributed by atoms with Crippen molar-refractivity contribution >= 4 is 16.6 Å². The predicted molar refractivity (Wildman–Crippen MR) is 109 cm³/mol. The highest BCUT2D eigenvalue weighted by atomic mass is 16.3. The fourth-order valence-corrected chi connectivity index (χ4v) is 3.49. The molecule has 0 saturated heterocycles. The maximum atomic E-state index is 11.4. The lowest BCUT2D eigenvalue weighted by molar-refractivity contribution is 0.0954. The maximum absolute atomic E-state index is 11.4. The van der Waals surface area contributed by atoms with Crippen molar-refractivity contribution in [2.75, 3.05) is 0 Å². The van der Waals surface area contributed by atoms with Gasteiger partial charge in [-0.05, 0) is 42.8 Å². The van der Waals surface area contributed by atoms with Gasteiger partial charge in [-0.1, -0.05) is 42.5 Å². The average molecular weight is 366 g/mol. The quantitative estimate of drug-likeness (QED) is 0.520. The zero-order valence-corrected chi connectivity index (χ0v) is 15.3.